The summed E-state index contributed by atoms with van der Waals surface area (Å²) < 4.78 is 11.6. The molecule has 0 aliphatic carbocycles. The molecule has 0 radical (unpaired) electrons. The molecule has 0 aliphatic rings. The lowest BCUT2D eigenvalue weighted by Gasteiger charge is -2.10. The van der Waals surface area contributed by atoms with E-state index in [1.807, 2.05) is 30.3 Å². The van der Waals surface area contributed by atoms with Crippen molar-refractivity contribution < 1.29 is 19.4 Å². The van der Waals surface area contributed by atoms with E-state index in [0.29, 0.717) is 18.8 Å². The van der Waals surface area contributed by atoms with Crippen LogP contribution in [0.4, 0.5) is 0 Å². The first kappa shape index (κ1) is 15.6. The lowest BCUT2D eigenvalue weighted by molar-refractivity contribution is 0.0692. The molecule has 0 saturated carbocycles. The number of methoxy groups -OCH3 is 1. The van der Waals surface area contributed by atoms with Crippen LogP contribution in [0.3, 0.4) is 0 Å². The highest BCUT2D eigenvalue weighted by molar-refractivity contribution is 14.1. The number of carboxylic acid groups (broad SMARTS) is 1. The number of rotatable bonds is 6. The van der Waals surface area contributed by atoms with Crippen LogP contribution in [-0.2, 0) is 6.42 Å². The van der Waals surface area contributed by atoms with Crippen LogP contribution in [0.5, 0.6) is 11.5 Å². The SMILES string of the molecule is COc1ccc(CCOc2ccc(I)cc2C(=O)O)cc1. The second-order valence-electron chi connectivity index (χ2n) is 4.39. The minimum atomic E-state index is -0.979. The predicted molar refractivity (Wildman–Crippen MR) is 88.3 cm³/mol. The average Bonchev–Trinajstić information content (AvgIpc) is 2.49. The molecular formula is C16H15IO4. The number of carbonyl (C=O) groups is 1. The van der Waals surface area contributed by atoms with Crippen LogP contribution in [0.25, 0.3) is 0 Å². The van der Waals surface area contributed by atoms with Crippen LogP contribution in [0, 0.1) is 3.57 Å². The fourth-order valence-electron chi connectivity index (χ4n) is 1.87. The zero-order valence-corrected chi connectivity index (χ0v) is 13.7. The van der Waals surface area contributed by atoms with Crippen molar-refractivity contribution in [1.29, 1.82) is 0 Å². The van der Waals surface area contributed by atoms with Crippen LogP contribution in [0.15, 0.2) is 42.5 Å². The van der Waals surface area contributed by atoms with Crippen LogP contribution < -0.4 is 9.47 Å². The number of halogens is 1. The van der Waals surface area contributed by atoms with E-state index in [4.69, 9.17) is 14.6 Å². The summed E-state index contributed by atoms with van der Waals surface area (Å²) in [6.45, 7) is 0.424. The van der Waals surface area contributed by atoms with Gasteiger partial charge in [0.05, 0.1) is 13.7 Å². The van der Waals surface area contributed by atoms with Crippen molar-refractivity contribution >= 4 is 28.6 Å². The van der Waals surface area contributed by atoms with Gasteiger partial charge in [0, 0.05) is 9.99 Å². The molecule has 0 heterocycles. The molecule has 2 aromatic carbocycles. The lowest BCUT2D eigenvalue weighted by atomic mass is 10.1. The van der Waals surface area contributed by atoms with Gasteiger partial charge in [-0.25, -0.2) is 4.79 Å². The van der Waals surface area contributed by atoms with Gasteiger partial charge in [-0.1, -0.05) is 12.1 Å². The summed E-state index contributed by atoms with van der Waals surface area (Å²) in [5.74, 6) is 0.231. The standard InChI is InChI=1S/C16H15IO4/c1-20-13-5-2-11(3-6-13)8-9-21-15-7-4-12(17)10-14(15)16(18)19/h2-7,10H,8-9H2,1H3,(H,18,19). The minimum absolute atomic E-state index is 0.191. The van der Waals surface area contributed by atoms with Crippen LogP contribution in [0.2, 0.25) is 0 Å². The van der Waals surface area contributed by atoms with Crippen molar-refractivity contribution in [2.45, 2.75) is 6.42 Å². The van der Waals surface area contributed by atoms with E-state index in [0.717, 1.165) is 14.9 Å². The third-order valence-corrected chi connectivity index (χ3v) is 3.65. The van der Waals surface area contributed by atoms with Crippen LogP contribution in [0.1, 0.15) is 15.9 Å². The zero-order valence-electron chi connectivity index (χ0n) is 11.5. The van der Waals surface area contributed by atoms with E-state index in [-0.39, 0.29) is 5.56 Å². The Morgan fingerprint density at radius 1 is 1.19 bits per heavy atom. The fraction of sp³-hybridized carbons (Fsp3) is 0.188. The van der Waals surface area contributed by atoms with Crippen LogP contribution in [-0.4, -0.2) is 24.8 Å². The molecule has 4 nitrogen and oxygen atoms in total. The van der Waals surface area contributed by atoms with Gasteiger partial charge in [0.1, 0.15) is 17.1 Å². The molecule has 0 spiro atoms. The first-order valence-electron chi connectivity index (χ1n) is 6.38. The fourth-order valence-corrected chi connectivity index (χ4v) is 2.36. The smallest absolute Gasteiger partial charge is 0.339 e. The molecule has 2 aromatic rings. The Hall–Kier alpha value is -1.76. The molecular weight excluding hydrogens is 383 g/mol. The van der Waals surface area contributed by atoms with E-state index >= 15 is 0 Å². The van der Waals surface area contributed by atoms with E-state index in [9.17, 15) is 4.79 Å². The molecule has 1 N–H and O–H groups in total. The van der Waals surface area contributed by atoms with Gasteiger partial charge in [-0.15, -0.1) is 0 Å². The molecule has 0 bridgehead atoms. The first-order chi connectivity index (χ1) is 10.1. The van der Waals surface area contributed by atoms with E-state index in [1.54, 1.807) is 19.2 Å². The van der Waals surface area contributed by atoms with Gasteiger partial charge in [0.15, 0.2) is 0 Å². The predicted octanol–water partition coefficient (Wildman–Crippen LogP) is 3.62. The van der Waals surface area contributed by atoms with Gasteiger partial charge in [0.25, 0.3) is 0 Å². The molecule has 21 heavy (non-hydrogen) atoms. The molecule has 0 unspecified atom stereocenters. The minimum Gasteiger partial charge on any atom is -0.497 e. The van der Waals surface area contributed by atoms with Crippen molar-refractivity contribution in [1.82, 2.24) is 0 Å². The van der Waals surface area contributed by atoms with Gasteiger partial charge in [-0.05, 0) is 58.5 Å². The maximum atomic E-state index is 11.2. The summed E-state index contributed by atoms with van der Waals surface area (Å²) in [4.78, 5) is 11.2. The Bertz CT molecular complexity index is 623. The summed E-state index contributed by atoms with van der Waals surface area (Å²) in [5.41, 5.74) is 1.30. The first-order valence-corrected chi connectivity index (χ1v) is 7.46. The van der Waals surface area contributed by atoms with Gasteiger partial charge < -0.3 is 14.6 Å². The highest BCUT2D eigenvalue weighted by atomic mass is 127. The molecule has 0 fully saturated rings. The van der Waals surface area contributed by atoms with E-state index in [1.165, 1.54) is 0 Å². The summed E-state index contributed by atoms with van der Waals surface area (Å²) in [5, 5.41) is 9.17. The number of carboxylic acids is 1. The van der Waals surface area contributed by atoms with E-state index in [2.05, 4.69) is 22.6 Å². The topological polar surface area (TPSA) is 55.8 Å². The highest BCUT2D eigenvalue weighted by Crippen LogP contribution is 2.21. The van der Waals surface area contributed by atoms with Crippen molar-refractivity contribution in [3.63, 3.8) is 0 Å². The lowest BCUT2D eigenvalue weighted by Crippen LogP contribution is -2.06. The van der Waals surface area contributed by atoms with Crippen molar-refractivity contribution in [2.75, 3.05) is 13.7 Å². The maximum absolute atomic E-state index is 11.2. The third-order valence-electron chi connectivity index (χ3n) is 2.98. The Balaban J connectivity index is 1.98. The molecule has 0 aliphatic heterocycles. The summed E-state index contributed by atoms with van der Waals surface area (Å²) in [6.07, 6.45) is 0.703. The van der Waals surface area contributed by atoms with Crippen molar-refractivity contribution in [3.05, 3.63) is 57.2 Å². The number of hydrogen-bond acceptors (Lipinski definition) is 3. The quantitative estimate of drug-likeness (QED) is 0.756. The van der Waals surface area contributed by atoms with Crippen LogP contribution >= 0.6 is 22.6 Å². The maximum Gasteiger partial charge on any atom is 0.339 e. The summed E-state index contributed by atoms with van der Waals surface area (Å²) in [7, 11) is 1.63. The van der Waals surface area contributed by atoms with Crippen molar-refractivity contribution in [3.8, 4) is 11.5 Å². The van der Waals surface area contributed by atoms with Crippen molar-refractivity contribution in [2.24, 2.45) is 0 Å². The largest absolute Gasteiger partial charge is 0.497 e. The van der Waals surface area contributed by atoms with Gasteiger partial charge in [-0.3, -0.25) is 0 Å². The summed E-state index contributed by atoms with van der Waals surface area (Å²) >= 11 is 2.08. The number of hydrogen-bond donors (Lipinski definition) is 1. The Morgan fingerprint density at radius 3 is 2.52 bits per heavy atom. The molecule has 110 valence electrons. The van der Waals surface area contributed by atoms with Gasteiger partial charge >= 0.3 is 5.97 Å². The average molecular weight is 398 g/mol. The Kier molecular flexibility index (Phi) is 5.44. The molecule has 0 atom stereocenters. The molecule has 2 rings (SSSR count). The van der Waals surface area contributed by atoms with Gasteiger partial charge in [0.2, 0.25) is 0 Å². The molecule has 5 heteroatoms. The molecule has 0 aromatic heterocycles. The number of ether oxygens (including phenoxy) is 2. The number of benzene rings is 2. The van der Waals surface area contributed by atoms with Gasteiger partial charge in [-0.2, -0.15) is 0 Å². The second kappa shape index (κ2) is 7.31. The third kappa shape index (κ3) is 4.35. The number of aromatic carboxylic acids is 1. The zero-order chi connectivity index (χ0) is 15.2. The van der Waals surface area contributed by atoms with E-state index < -0.39 is 5.97 Å². The highest BCUT2D eigenvalue weighted by Gasteiger charge is 2.11. The molecule has 0 saturated heterocycles. The normalized spacial score (nSPS) is 10.2. The molecule has 0 amide bonds. The second-order valence-corrected chi connectivity index (χ2v) is 5.64. The Morgan fingerprint density at radius 2 is 1.90 bits per heavy atom. The Labute approximate surface area is 136 Å². The monoisotopic (exact) mass is 398 g/mol. The summed E-state index contributed by atoms with van der Waals surface area (Å²) in [6, 6.07) is 12.8.